The lowest BCUT2D eigenvalue weighted by Gasteiger charge is -2.60. The second-order valence-corrected chi connectivity index (χ2v) is 8.76. The molecule has 0 unspecified atom stereocenters. The molecule has 1 heterocycles. The van der Waals surface area contributed by atoms with Crippen LogP contribution in [0.15, 0.2) is 30.3 Å². The van der Waals surface area contributed by atoms with E-state index in [-0.39, 0.29) is 16.9 Å². The van der Waals surface area contributed by atoms with Crippen molar-refractivity contribution in [1.82, 2.24) is 25.5 Å². The maximum Gasteiger partial charge on any atom is 0.226 e. The quantitative estimate of drug-likeness (QED) is 0.919. The van der Waals surface area contributed by atoms with Crippen LogP contribution in [0.1, 0.15) is 49.9 Å². The Morgan fingerprint density at radius 2 is 1.92 bits per heavy atom. The Morgan fingerprint density at radius 3 is 2.58 bits per heavy atom. The van der Waals surface area contributed by atoms with Crippen LogP contribution in [0.4, 0.5) is 0 Å². The van der Waals surface area contributed by atoms with Gasteiger partial charge in [-0.3, -0.25) is 4.79 Å². The lowest BCUT2D eigenvalue weighted by Crippen LogP contribution is -2.61. The molecule has 1 aromatic heterocycles. The first kappa shape index (κ1) is 16.0. The van der Waals surface area contributed by atoms with Crippen molar-refractivity contribution in [3.63, 3.8) is 0 Å². The fourth-order valence-electron chi connectivity index (χ4n) is 6.16. The normalized spacial score (nSPS) is 34.8. The molecule has 4 bridgehead atoms. The maximum atomic E-state index is 13.3. The summed E-state index contributed by atoms with van der Waals surface area (Å²) >= 11 is 0. The molecule has 4 saturated carbocycles. The summed E-state index contributed by atoms with van der Waals surface area (Å²) in [6.45, 7) is 2.48. The van der Waals surface area contributed by atoms with E-state index in [1.54, 1.807) is 0 Å². The van der Waals surface area contributed by atoms with Gasteiger partial charge >= 0.3 is 0 Å². The zero-order valence-electron chi connectivity index (χ0n) is 15.2. The first-order chi connectivity index (χ1) is 12.6. The Morgan fingerprint density at radius 1 is 1.19 bits per heavy atom. The highest BCUT2D eigenvalue weighted by Crippen LogP contribution is 2.63. The van der Waals surface area contributed by atoms with Crippen LogP contribution >= 0.6 is 0 Å². The minimum Gasteiger partial charge on any atom is -0.352 e. The van der Waals surface area contributed by atoms with E-state index in [9.17, 15) is 4.79 Å². The van der Waals surface area contributed by atoms with Gasteiger partial charge in [0.1, 0.15) is 0 Å². The molecular weight excluding hydrogens is 326 g/mol. The smallest absolute Gasteiger partial charge is 0.226 e. The fraction of sp³-hybridized carbons (Fsp3) is 0.600. The van der Waals surface area contributed by atoms with Gasteiger partial charge < -0.3 is 5.32 Å². The van der Waals surface area contributed by atoms with Crippen LogP contribution in [0.5, 0.6) is 0 Å². The molecule has 2 aromatic rings. The standard InChI is InChI=1S/C20H25N5O/c1-14-22-24-25(23-14)20-10-16-7-17(11-20)9-19(8-16,13-20)18(26)21-12-15-5-3-2-4-6-15/h2-6,16-17H,7-13H2,1H3,(H,21,26)/t16-,17-,19?,20?/m1/s1. The monoisotopic (exact) mass is 351 g/mol. The van der Waals surface area contributed by atoms with E-state index in [4.69, 9.17) is 0 Å². The molecule has 1 N–H and O–H groups in total. The Bertz CT molecular complexity index is 816. The number of carbonyl (C=O) groups is 1. The number of aromatic nitrogens is 4. The molecule has 4 aliphatic carbocycles. The van der Waals surface area contributed by atoms with Crippen LogP contribution in [0.3, 0.4) is 0 Å². The van der Waals surface area contributed by atoms with Gasteiger partial charge in [0.05, 0.1) is 11.0 Å². The van der Waals surface area contributed by atoms with Crippen molar-refractivity contribution in [1.29, 1.82) is 0 Å². The molecule has 4 aliphatic rings. The van der Waals surface area contributed by atoms with E-state index in [2.05, 4.69) is 32.9 Å². The Hall–Kier alpha value is -2.24. The number of benzene rings is 1. The predicted octanol–water partition coefficient (Wildman–Crippen LogP) is 2.59. The molecule has 1 amide bonds. The van der Waals surface area contributed by atoms with Gasteiger partial charge in [0, 0.05) is 6.54 Å². The van der Waals surface area contributed by atoms with Crippen molar-refractivity contribution in [3.05, 3.63) is 41.7 Å². The summed E-state index contributed by atoms with van der Waals surface area (Å²) in [7, 11) is 0. The van der Waals surface area contributed by atoms with Gasteiger partial charge in [-0.25, -0.2) is 0 Å². The lowest BCUT2D eigenvalue weighted by molar-refractivity contribution is -0.157. The first-order valence-corrected chi connectivity index (χ1v) is 9.66. The van der Waals surface area contributed by atoms with E-state index in [0.29, 0.717) is 24.2 Å². The predicted molar refractivity (Wildman–Crippen MR) is 95.9 cm³/mol. The molecule has 6 heteroatoms. The summed E-state index contributed by atoms with van der Waals surface area (Å²) in [6, 6.07) is 10.1. The fourth-order valence-corrected chi connectivity index (χ4v) is 6.16. The van der Waals surface area contributed by atoms with Crippen LogP contribution in [0.25, 0.3) is 0 Å². The number of amides is 1. The number of rotatable bonds is 4. The highest BCUT2D eigenvalue weighted by Gasteiger charge is 2.62. The first-order valence-electron chi connectivity index (χ1n) is 9.66. The van der Waals surface area contributed by atoms with E-state index in [1.165, 1.54) is 6.42 Å². The maximum absolute atomic E-state index is 13.3. The molecule has 6 rings (SSSR count). The summed E-state index contributed by atoms with van der Waals surface area (Å²) in [4.78, 5) is 15.1. The molecule has 4 fully saturated rings. The summed E-state index contributed by atoms with van der Waals surface area (Å²) in [5.41, 5.74) is 0.768. The number of hydrogen-bond acceptors (Lipinski definition) is 4. The number of nitrogens with one attached hydrogen (secondary N) is 1. The second-order valence-electron chi connectivity index (χ2n) is 8.76. The molecule has 136 valence electrons. The molecule has 0 spiro atoms. The van der Waals surface area contributed by atoms with Gasteiger partial charge in [-0.1, -0.05) is 30.3 Å². The van der Waals surface area contributed by atoms with Crippen LogP contribution < -0.4 is 5.32 Å². The van der Waals surface area contributed by atoms with Gasteiger partial charge in [0.25, 0.3) is 0 Å². The average Bonchev–Trinajstić information content (AvgIpc) is 3.07. The third kappa shape index (κ3) is 2.46. The van der Waals surface area contributed by atoms with Crippen molar-refractivity contribution in [2.75, 3.05) is 0 Å². The van der Waals surface area contributed by atoms with E-state index >= 15 is 0 Å². The van der Waals surface area contributed by atoms with Crippen LogP contribution in [0.2, 0.25) is 0 Å². The Labute approximate surface area is 153 Å². The van der Waals surface area contributed by atoms with Crippen molar-refractivity contribution >= 4 is 5.91 Å². The van der Waals surface area contributed by atoms with E-state index < -0.39 is 0 Å². The molecule has 26 heavy (non-hydrogen) atoms. The number of tetrazole rings is 1. The van der Waals surface area contributed by atoms with Crippen molar-refractivity contribution < 1.29 is 4.79 Å². The summed E-state index contributed by atoms with van der Waals surface area (Å²) in [5.74, 6) is 2.13. The largest absolute Gasteiger partial charge is 0.352 e. The molecule has 6 nitrogen and oxygen atoms in total. The highest BCUT2D eigenvalue weighted by atomic mass is 16.2. The summed E-state index contributed by atoms with van der Waals surface area (Å²) in [5, 5.41) is 16.2. The number of hydrogen-bond donors (Lipinski definition) is 1. The Balaban J connectivity index is 1.40. The average molecular weight is 351 g/mol. The molecule has 2 atom stereocenters. The third-order valence-corrected chi connectivity index (χ3v) is 6.75. The molecule has 0 saturated heterocycles. The minimum atomic E-state index is -0.263. The number of aryl methyl sites for hydroxylation is 1. The number of carbonyl (C=O) groups excluding carboxylic acids is 1. The lowest BCUT2D eigenvalue weighted by atomic mass is 9.46. The second kappa shape index (κ2) is 5.63. The molecular formula is C20H25N5O. The van der Waals surface area contributed by atoms with Gasteiger partial charge in [0.2, 0.25) is 5.91 Å². The molecule has 0 radical (unpaired) electrons. The zero-order valence-corrected chi connectivity index (χ0v) is 15.2. The van der Waals surface area contributed by atoms with Crippen molar-refractivity contribution in [2.45, 2.75) is 57.5 Å². The summed E-state index contributed by atoms with van der Waals surface area (Å²) in [6.07, 6.45) is 6.31. The van der Waals surface area contributed by atoms with Gasteiger partial charge in [0.15, 0.2) is 5.82 Å². The minimum absolute atomic E-state index is 0.116. The van der Waals surface area contributed by atoms with Gasteiger partial charge in [-0.2, -0.15) is 4.80 Å². The third-order valence-electron chi connectivity index (χ3n) is 6.75. The van der Waals surface area contributed by atoms with Crippen LogP contribution in [-0.2, 0) is 16.9 Å². The van der Waals surface area contributed by atoms with Gasteiger partial charge in [-0.05, 0) is 68.1 Å². The van der Waals surface area contributed by atoms with Crippen LogP contribution in [-0.4, -0.2) is 26.1 Å². The van der Waals surface area contributed by atoms with E-state index in [0.717, 1.165) is 37.7 Å². The topological polar surface area (TPSA) is 72.7 Å². The highest BCUT2D eigenvalue weighted by molar-refractivity contribution is 5.83. The van der Waals surface area contributed by atoms with Crippen molar-refractivity contribution in [2.24, 2.45) is 17.3 Å². The van der Waals surface area contributed by atoms with Crippen molar-refractivity contribution in [3.8, 4) is 0 Å². The summed E-state index contributed by atoms with van der Waals surface area (Å²) < 4.78 is 0. The van der Waals surface area contributed by atoms with Crippen LogP contribution in [0, 0.1) is 24.2 Å². The Kier molecular flexibility index (Phi) is 3.46. The van der Waals surface area contributed by atoms with E-state index in [1.807, 2.05) is 29.9 Å². The zero-order chi connectivity index (χ0) is 17.8. The SMILES string of the molecule is Cc1nnn(C23C[C@@H]4C[C@H](CC(C(=O)NCc5ccccc5)(C4)C2)C3)n1. The molecule has 0 aliphatic heterocycles. The molecule has 1 aromatic carbocycles. The van der Waals surface area contributed by atoms with Gasteiger partial charge in [-0.15, -0.1) is 10.2 Å². The number of nitrogens with zero attached hydrogens (tertiary/aromatic N) is 4.